The molecule has 5 nitrogen and oxygen atoms in total. The predicted octanol–water partition coefficient (Wildman–Crippen LogP) is 17.1. The molecule has 0 fully saturated rings. The molecule has 336 valence electrons. The zero-order valence-corrected chi connectivity index (χ0v) is 39.4. The quantitative estimate of drug-likeness (QED) is 0.156. The van der Waals surface area contributed by atoms with Crippen LogP contribution in [0.1, 0.15) is 5.56 Å². The van der Waals surface area contributed by atoms with Gasteiger partial charge in [0.15, 0.2) is 0 Å². The highest BCUT2D eigenvalue weighted by Gasteiger charge is 2.19. The van der Waals surface area contributed by atoms with Crippen molar-refractivity contribution >= 4 is 97.5 Å². The average molecular weight is 918 g/mol. The first kappa shape index (κ1) is 40.4. The Bertz CT molecular complexity index is 4700. The van der Waals surface area contributed by atoms with Crippen LogP contribution in [0.3, 0.4) is 0 Å². The third-order valence-electron chi connectivity index (χ3n) is 15.3. The number of benzene rings is 12. The van der Waals surface area contributed by atoms with E-state index in [9.17, 15) is 0 Å². The fraction of sp³-hybridized carbons (Fsp3) is 0.0299. The molecule has 0 amide bonds. The third-order valence-corrected chi connectivity index (χ3v) is 15.3. The van der Waals surface area contributed by atoms with Crippen molar-refractivity contribution in [3.8, 4) is 44.5 Å². The van der Waals surface area contributed by atoms with Crippen molar-refractivity contribution in [2.24, 2.45) is 7.05 Å². The summed E-state index contributed by atoms with van der Waals surface area (Å²) < 4.78 is 4.47. The molecule has 0 saturated carbocycles. The lowest BCUT2D eigenvalue weighted by Gasteiger charge is -2.17. The highest BCUT2D eigenvalue weighted by Crippen LogP contribution is 2.44. The van der Waals surface area contributed by atoms with Gasteiger partial charge in [0.1, 0.15) is 0 Å². The highest BCUT2D eigenvalue weighted by molar-refractivity contribution is 6.30. The molecule has 0 saturated heterocycles. The fourth-order valence-electron chi connectivity index (χ4n) is 12.0. The number of aromatic nitrogens is 5. The summed E-state index contributed by atoms with van der Waals surface area (Å²) in [6, 6.07) is 76.0. The van der Waals surface area contributed by atoms with Gasteiger partial charge in [0.25, 0.3) is 0 Å². The van der Waals surface area contributed by atoms with E-state index in [0.29, 0.717) is 6.54 Å². The van der Waals surface area contributed by atoms with Crippen molar-refractivity contribution in [1.29, 1.82) is 0 Å². The van der Waals surface area contributed by atoms with Crippen LogP contribution in [0.2, 0.25) is 0 Å². The molecule has 0 unspecified atom stereocenters. The van der Waals surface area contributed by atoms with E-state index in [1.807, 2.05) is 25.0 Å². The molecule has 0 atom stereocenters. The van der Waals surface area contributed by atoms with Crippen LogP contribution in [0.5, 0.6) is 0 Å². The van der Waals surface area contributed by atoms with Crippen LogP contribution in [-0.4, -0.2) is 24.1 Å². The standard InChI is InChI=1S/C67H43N5/c1-71-39-69-63-22-11-21-57(66(63)71)56-20-9-19-55-53-29-26-44(35-60(53)50-16-7-8-17-54(50)65(55)56)47-18-10-23-64-67(47)72(40-70-64)38-41-24-27-51-48-14-5-6-15-49(48)52-28-25-43(34-61(52)59(51)32-41)46-33-45-30-31-68-37-62(45)58(36-46)42-12-3-2-4-13-42/h2-37,39-40H,38H2,1H3. The Morgan fingerprint density at radius 2 is 0.944 bits per heavy atom. The molecule has 0 aliphatic carbocycles. The zero-order chi connectivity index (χ0) is 47.4. The number of rotatable bonds is 6. The van der Waals surface area contributed by atoms with Gasteiger partial charge in [-0.25, -0.2) is 9.97 Å². The van der Waals surface area contributed by atoms with Gasteiger partial charge in [-0.1, -0.05) is 158 Å². The van der Waals surface area contributed by atoms with E-state index in [4.69, 9.17) is 9.97 Å². The van der Waals surface area contributed by atoms with Crippen molar-refractivity contribution in [2.75, 3.05) is 0 Å². The number of nitrogens with zero attached hydrogens (tertiary/aromatic N) is 5. The maximum absolute atomic E-state index is 5.02. The summed E-state index contributed by atoms with van der Waals surface area (Å²) in [6.07, 6.45) is 7.81. The van der Waals surface area contributed by atoms with Crippen molar-refractivity contribution in [3.05, 3.63) is 237 Å². The molecule has 0 bridgehead atoms. The van der Waals surface area contributed by atoms with E-state index in [1.165, 1.54) is 115 Å². The number of hydrogen-bond acceptors (Lipinski definition) is 3. The van der Waals surface area contributed by atoms with E-state index >= 15 is 0 Å². The SMILES string of the molecule is Cn1cnc2cccc(-c3cccc4c5ccc(-c6cccc7ncn(Cc8ccc9c%10ccccc%10c%10ccc(-c%11cc(-c%12ccccc%12)c%12cnccc%12c%11)cc%10c9c8)c67)cc5c5ccccc5c34)c21. The van der Waals surface area contributed by atoms with Crippen molar-refractivity contribution in [1.82, 2.24) is 24.1 Å². The lowest BCUT2D eigenvalue weighted by atomic mass is 9.88. The Kier molecular flexibility index (Phi) is 8.87. The highest BCUT2D eigenvalue weighted by atomic mass is 15.0. The zero-order valence-electron chi connectivity index (χ0n) is 39.4. The van der Waals surface area contributed by atoms with Crippen LogP contribution in [0, 0.1) is 0 Å². The van der Waals surface area contributed by atoms with Gasteiger partial charge < -0.3 is 9.13 Å². The van der Waals surface area contributed by atoms with E-state index in [-0.39, 0.29) is 0 Å². The Labute approximate surface area is 414 Å². The lowest BCUT2D eigenvalue weighted by Crippen LogP contribution is -1.99. The molecule has 15 rings (SSSR count). The van der Waals surface area contributed by atoms with Gasteiger partial charge in [-0.2, -0.15) is 0 Å². The van der Waals surface area contributed by atoms with Gasteiger partial charge in [0.2, 0.25) is 0 Å². The minimum absolute atomic E-state index is 0.671. The maximum Gasteiger partial charge on any atom is 0.0961 e. The normalized spacial score (nSPS) is 12.0. The largest absolute Gasteiger partial charge is 0.333 e. The molecule has 0 aliphatic heterocycles. The lowest BCUT2D eigenvalue weighted by molar-refractivity contribution is 0.826. The second-order valence-corrected chi connectivity index (χ2v) is 19.3. The van der Waals surface area contributed by atoms with Gasteiger partial charge in [0.05, 0.1) is 34.7 Å². The van der Waals surface area contributed by atoms with E-state index in [1.54, 1.807) is 0 Å². The van der Waals surface area contributed by atoms with Gasteiger partial charge in [-0.3, -0.25) is 4.98 Å². The fourth-order valence-corrected chi connectivity index (χ4v) is 12.0. The molecule has 5 heteroatoms. The van der Waals surface area contributed by atoms with Crippen LogP contribution in [0.25, 0.3) is 142 Å². The summed E-state index contributed by atoms with van der Waals surface area (Å²) in [5.41, 5.74) is 14.9. The molecule has 15 aromatic rings. The summed E-state index contributed by atoms with van der Waals surface area (Å²) >= 11 is 0. The van der Waals surface area contributed by atoms with Crippen LogP contribution in [0.15, 0.2) is 231 Å². The van der Waals surface area contributed by atoms with Gasteiger partial charge >= 0.3 is 0 Å². The monoisotopic (exact) mass is 917 g/mol. The number of aryl methyl sites for hydroxylation is 1. The van der Waals surface area contributed by atoms with Gasteiger partial charge in [-0.15, -0.1) is 0 Å². The molecule has 0 N–H and O–H groups in total. The number of para-hydroxylation sites is 2. The molecule has 3 heterocycles. The minimum Gasteiger partial charge on any atom is -0.333 e. The Balaban J connectivity index is 0.869. The van der Waals surface area contributed by atoms with Gasteiger partial charge in [-0.05, 0) is 157 Å². The maximum atomic E-state index is 5.02. The molecular weight excluding hydrogens is 875 g/mol. The first-order valence-corrected chi connectivity index (χ1v) is 24.6. The summed E-state index contributed by atoms with van der Waals surface area (Å²) in [6.45, 7) is 0.671. The molecular formula is C67H43N5. The average Bonchev–Trinajstić information content (AvgIpc) is 4.05. The molecule has 0 aliphatic rings. The molecule has 3 aromatic heterocycles. The first-order valence-electron chi connectivity index (χ1n) is 24.6. The molecule has 0 spiro atoms. The van der Waals surface area contributed by atoms with E-state index in [2.05, 4.69) is 227 Å². The topological polar surface area (TPSA) is 48.5 Å². The summed E-state index contributed by atoms with van der Waals surface area (Å²) in [5, 5.41) is 17.3. The second kappa shape index (κ2) is 15.8. The summed E-state index contributed by atoms with van der Waals surface area (Å²) in [7, 11) is 2.08. The summed E-state index contributed by atoms with van der Waals surface area (Å²) in [5.74, 6) is 0. The van der Waals surface area contributed by atoms with Crippen LogP contribution in [-0.2, 0) is 13.6 Å². The number of pyridine rings is 1. The van der Waals surface area contributed by atoms with Crippen molar-refractivity contribution in [2.45, 2.75) is 6.54 Å². The summed E-state index contributed by atoms with van der Waals surface area (Å²) in [4.78, 5) is 14.2. The van der Waals surface area contributed by atoms with Crippen LogP contribution >= 0.6 is 0 Å². The van der Waals surface area contributed by atoms with Crippen LogP contribution in [0.4, 0.5) is 0 Å². The molecule has 72 heavy (non-hydrogen) atoms. The van der Waals surface area contributed by atoms with Crippen LogP contribution < -0.4 is 0 Å². The number of imidazole rings is 2. The van der Waals surface area contributed by atoms with Gasteiger partial charge in [0, 0.05) is 42.5 Å². The molecule has 12 aromatic carbocycles. The van der Waals surface area contributed by atoms with E-state index in [0.717, 1.165) is 33.0 Å². The minimum atomic E-state index is 0.671. The molecule has 0 radical (unpaired) electrons. The third kappa shape index (κ3) is 6.17. The Morgan fingerprint density at radius 3 is 1.75 bits per heavy atom. The Morgan fingerprint density at radius 1 is 0.361 bits per heavy atom. The smallest absolute Gasteiger partial charge is 0.0961 e. The van der Waals surface area contributed by atoms with Crippen molar-refractivity contribution < 1.29 is 0 Å². The van der Waals surface area contributed by atoms with Crippen molar-refractivity contribution in [3.63, 3.8) is 0 Å². The number of fused-ring (bicyclic) bond motifs is 15. The first-order chi connectivity index (χ1) is 35.6. The number of hydrogen-bond donors (Lipinski definition) is 0. The second-order valence-electron chi connectivity index (χ2n) is 19.3. The Hall–Kier alpha value is -9.45. The van der Waals surface area contributed by atoms with E-state index < -0.39 is 0 Å². The predicted molar refractivity (Wildman–Crippen MR) is 302 cm³/mol.